The lowest BCUT2D eigenvalue weighted by Gasteiger charge is -2.18. The van der Waals surface area contributed by atoms with E-state index < -0.39 is 22.1 Å². The Kier molecular flexibility index (Phi) is 6.83. The van der Waals surface area contributed by atoms with Crippen LogP contribution in [0.5, 0.6) is 5.75 Å². The second kappa shape index (κ2) is 9.96. The first-order valence-corrected chi connectivity index (χ1v) is 12.2. The first-order valence-electron chi connectivity index (χ1n) is 10.7. The quantitative estimate of drug-likeness (QED) is 0.452. The van der Waals surface area contributed by atoms with Gasteiger partial charge in [-0.05, 0) is 49.2 Å². The van der Waals surface area contributed by atoms with Gasteiger partial charge in [0.1, 0.15) is 5.75 Å². The summed E-state index contributed by atoms with van der Waals surface area (Å²) in [6.45, 7) is 0. The van der Waals surface area contributed by atoms with Crippen molar-refractivity contribution in [2.45, 2.75) is 29.9 Å². The molecule has 3 aromatic carbocycles. The summed E-state index contributed by atoms with van der Waals surface area (Å²) in [5.74, 6) is -0.744. The molecule has 1 fully saturated rings. The Labute approximate surface area is 198 Å². The van der Waals surface area contributed by atoms with E-state index >= 15 is 0 Å². The van der Waals surface area contributed by atoms with Crippen LogP contribution in [0, 0.1) is 0 Å². The second-order valence-electron chi connectivity index (χ2n) is 7.81. The number of carbonyl (C=O) groups is 2. The van der Waals surface area contributed by atoms with Crippen molar-refractivity contribution in [3.63, 3.8) is 0 Å². The molecule has 4 rings (SSSR count). The number of anilines is 1. The number of sulfonamides is 1. The number of amides is 1. The number of carbonyl (C=O) groups excluding carboxylic acids is 2. The number of hydrogen-bond donors (Lipinski definition) is 2. The summed E-state index contributed by atoms with van der Waals surface area (Å²) in [5, 5.41) is 2.86. The highest BCUT2D eigenvalue weighted by atomic mass is 32.2. The molecular formula is C25H24N2O6S. The third-order valence-corrected chi connectivity index (χ3v) is 6.62. The van der Waals surface area contributed by atoms with E-state index in [1.807, 2.05) is 0 Å². The minimum absolute atomic E-state index is 0.0407. The lowest BCUT2D eigenvalue weighted by molar-refractivity contribution is -0.130. The normalized spacial score (nSPS) is 14.0. The standard InChI is InChI=1S/C25H24N2O6S/c1-32-22-10-6-5-9-21(22)27-34(30,31)20-15-11-18(12-16-20)25(29)33-23(17-7-3-2-4-8-17)24(28)26-19-13-14-19/h2-12,15-16,19,23,27H,13-14H2,1H3,(H,26,28). The SMILES string of the molecule is COc1ccccc1NS(=O)(=O)c1ccc(C(=O)OC(C(=O)NC2CC2)c2ccccc2)cc1. The lowest BCUT2D eigenvalue weighted by Crippen LogP contribution is -2.33. The molecule has 0 aliphatic heterocycles. The van der Waals surface area contributed by atoms with Crippen LogP contribution in [0.25, 0.3) is 0 Å². The minimum atomic E-state index is -3.92. The van der Waals surface area contributed by atoms with Gasteiger partial charge in [0.2, 0.25) is 6.10 Å². The van der Waals surface area contributed by atoms with Gasteiger partial charge in [-0.1, -0.05) is 42.5 Å². The highest BCUT2D eigenvalue weighted by Crippen LogP contribution is 2.27. The van der Waals surface area contributed by atoms with Crippen molar-refractivity contribution >= 4 is 27.6 Å². The van der Waals surface area contributed by atoms with Crippen molar-refractivity contribution in [3.05, 3.63) is 90.0 Å². The van der Waals surface area contributed by atoms with Gasteiger partial charge in [0.25, 0.3) is 15.9 Å². The molecule has 0 radical (unpaired) electrons. The van der Waals surface area contributed by atoms with Gasteiger partial charge in [-0.2, -0.15) is 0 Å². The summed E-state index contributed by atoms with van der Waals surface area (Å²) < 4.78 is 38.7. The molecule has 8 nitrogen and oxygen atoms in total. The molecule has 1 amide bonds. The minimum Gasteiger partial charge on any atom is -0.495 e. The summed E-state index contributed by atoms with van der Waals surface area (Å²) >= 11 is 0. The van der Waals surface area contributed by atoms with Crippen LogP contribution < -0.4 is 14.8 Å². The fraction of sp³-hybridized carbons (Fsp3) is 0.200. The highest BCUT2D eigenvalue weighted by molar-refractivity contribution is 7.92. The first-order chi connectivity index (χ1) is 16.4. The summed E-state index contributed by atoms with van der Waals surface area (Å²) in [6, 6.07) is 20.8. The van der Waals surface area contributed by atoms with Crippen molar-refractivity contribution < 1.29 is 27.5 Å². The van der Waals surface area contributed by atoms with Gasteiger partial charge in [-0.3, -0.25) is 9.52 Å². The average molecular weight is 481 g/mol. The molecular weight excluding hydrogens is 456 g/mol. The Hall–Kier alpha value is -3.85. The smallest absolute Gasteiger partial charge is 0.339 e. The van der Waals surface area contributed by atoms with E-state index in [1.54, 1.807) is 54.6 Å². The van der Waals surface area contributed by atoms with Crippen LogP contribution in [-0.2, 0) is 19.6 Å². The van der Waals surface area contributed by atoms with Gasteiger partial charge in [-0.25, -0.2) is 13.2 Å². The van der Waals surface area contributed by atoms with Gasteiger partial charge < -0.3 is 14.8 Å². The molecule has 9 heteroatoms. The maximum absolute atomic E-state index is 12.8. The van der Waals surface area contributed by atoms with E-state index in [2.05, 4.69) is 10.0 Å². The zero-order valence-corrected chi connectivity index (χ0v) is 19.2. The zero-order chi connectivity index (χ0) is 24.1. The predicted octanol–water partition coefficient (Wildman–Crippen LogP) is 3.67. The van der Waals surface area contributed by atoms with Crippen molar-refractivity contribution in [2.75, 3.05) is 11.8 Å². The number of rotatable bonds is 9. The van der Waals surface area contributed by atoms with Gasteiger partial charge in [0.05, 0.1) is 23.3 Å². The van der Waals surface area contributed by atoms with Gasteiger partial charge in [0, 0.05) is 11.6 Å². The van der Waals surface area contributed by atoms with E-state index in [9.17, 15) is 18.0 Å². The summed E-state index contributed by atoms with van der Waals surface area (Å²) in [4.78, 5) is 25.4. The largest absolute Gasteiger partial charge is 0.495 e. The Morgan fingerprint density at radius 2 is 1.56 bits per heavy atom. The van der Waals surface area contributed by atoms with E-state index in [0.717, 1.165) is 12.8 Å². The van der Waals surface area contributed by atoms with Gasteiger partial charge in [-0.15, -0.1) is 0 Å². The Balaban J connectivity index is 1.49. The molecule has 0 heterocycles. The number of ether oxygens (including phenoxy) is 2. The summed E-state index contributed by atoms with van der Waals surface area (Å²) in [6.07, 6.45) is 0.699. The molecule has 3 aromatic rings. The predicted molar refractivity (Wildman–Crippen MR) is 126 cm³/mol. The van der Waals surface area contributed by atoms with Crippen LogP contribution in [0.2, 0.25) is 0 Å². The lowest BCUT2D eigenvalue weighted by atomic mass is 10.1. The van der Waals surface area contributed by atoms with Crippen LogP contribution in [0.1, 0.15) is 34.9 Å². The summed E-state index contributed by atoms with van der Waals surface area (Å²) in [5.41, 5.74) is 0.964. The van der Waals surface area contributed by atoms with Crippen molar-refractivity contribution in [1.82, 2.24) is 5.32 Å². The number of esters is 1. The van der Waals surface area contributed by atoms with Crippen LogP contribution in [0.15, 0.2) is 83.8 Å². The Bertz CT molecular complexity index is 1270. The monoisotopic (exact) mass is 480 g/mol. The molecule has 176 valence electrons. The molecule has 0 saturated heterocycles. The van der Waals surface area contributed by atoms with Crippen molar-refractivity contribution in [3.8, 4) is 5.75 Å². The molecule has 1 unspecified atom stereocenters. The van der Waals surface area contributed by atoms with Crippen LogP contribution >= 0.6 is 0 Å². The molecule has 34 heavy (non-hydrogen) atoms. The molecule has 1 saturated carbocycles. The Morgan fingerprint density at radius 1 is 0.912 bits per heavy atom. The van der Waals surface area contributed by atoms with E-state index in [4.69, 9.17) is 9.47 Å². The van der Waals surface area contributed by atoms with Crippen molar-refractivity contribution in [1.29, 1.82) is 0 Å². The molecule has 0 bridgehead atoms. The maximum atomic E-state index is 12.8. The molecule has 1 aliphatic rings. The number of para-hydroxylation sites is 2. The molecule has 1 aliphatic carbocycles. The Morgan fingerprint density at radius 3 is 2.21 bits per heavy atom. The third kappa shape index (κ3) is 5.55. The fourth-order valence-electron chi connectivity index (χ4n) is 3.28. The zero-order valence-electron chi connectivity index (χ0n) is 18.4. The van der Waals surface area contributed by atoms with E-state index in [1.165, 1.54) is 31.4 Å². The molecule has 2 N–H and O–H groups in total. The van der Waals surface area contributed by atoms with Crippen LogP contribution in [0.3, 0.4) is 0 Å². The van der Waals surface area contributed by atoms with Crippen LogP contribution in [0.4, 0.5) is 5.69 Å². The topological polar surface area (TPSA) is 111 Å². The fourth-order valence-corrected chi connectivity index (χ4v) is 4.35. The molecule has 0 spiro atoms. The molecule has 1 atom stereocenters. The van der Waals surface area contributed by atoms with E-state index in [0.29, 0.717) is 17.0 Å². The second-order valence-corrected chi connectivity index (χ2v) is 9.49. The maximum Gasteiger partial charge on any atom is 0.339 e. The highest BCUT2D eigenvalue weighted by Gasteiger charge is 2.31. The molecule has 0 aromatic heterocycles. The first kappa shape index (κ1) is 23.3. The average Bonchev–Trinajstić information content (AvgIpc) is 3.67. The van der Waals surface area contributed by atoms with Crippen molar-refractivity contribution in [2.24, 2.45) is 0 Å². The van der Waals surface area contributed by atoms with Gasteiger partial charge in [0.15, 0.2) is 0 Å². The third-order valence-electron chi connectivity index (χ3n) is 5.24. The summed E-state index contributed by atoms with van der Waals surface area (Å²) in [7, 11) is -2.48. The van der Waals surface area contributed by atoms with E-state index in [-0.39, 0.29) is 22.4 Å². The van der Waals surface area contributed by atoms with Crippen LogP contribution in [-0.4, -0.2) is 33.4 Å². The number of methoxy groups -OCH3 is 1. The number of nitrogens with one attached hydrogen (secondary N) is 2. The number of hydrogen-bond acceptors (Lipinski definition) is 6. The number of benzene rings is 3. The van der Waals surface area contributed by atoms with Gasteiger partial charge >= 0.3 is 5.97 Å².